The van der Waals surface area contributed by atoms with Gasteiger partial charge >= 0.3 is 0 Å². The molecule has 3 aromatic carbocycles. The van der Waals surface area contributed by atoms with Crippen LogP contribution in [0.5, 0.6) is 11.5 Å². The summed E-state index contributed by atoms with van der Waals surface area (Å²) in [6.45, 7) is 1.48. The lowest BCUT2D eigenvalue weighted by Crippen LogP contribution is -1.99. The highest BCUT2D eigenvalue weighted by atomic mass is 16.5. The third-order valence-electron chi connectivity index (χ3n) is 6.23. The van der Waals surface area contributed by atoms with Gasteiger partial charge in [-0.2, -0.15) is 5.26 Å². The summed E-state index contributed by atoms with van der Waals surface area (Å²) >= 11 is 0. The molecule has 0 amide bonds. The van der Waals surface area contributed by atoms with Crippen molar-refractivity contribution in [3.05, 3.63) is 72.3 Å². The first-order valence-electron chi connectivity index (χ1n) is 13.2. The minimum atomic E-state index is 0.643. The molecule has 0 unspecified atom stereocenters. The molecule has 3 rings (SSSR count). The Morgan fingerprint density at radius 2 is 0.944 bits per heavy atom. The highest BCUT2D eigenvalue weighted by Crippen LogP contribution is 2.23. The molecule has 0 radical (unpaired) electrons. The summed E-state index contributed by atoms with van der Waals surface area (Å²) in [5, 5.41) is 8.92. The van der Waals surface area contributed by atoms with Crippen LogP contribution in [0.4, 0.5) is 11.4 Å². The van der Waals surface area contributed by atoms with Crippen LogP contribution in [0.2, 0.25) is 0 Å². The number of ether oxygens (including phenoxy) is 2. The Hall–Kier alpha value is -3.65. The van der Waals surface area contributed by atoms with E-state index in [4.69, 9.17) is 26.2 Å². The fraction of sp³-hybridized carbons (Fsp3) is 0.387. The number of nitrogens with two attached hydrogens (primary N) is 2. The zero-order valence-corrected chi connectivity index (χ0v) is 21.3. The van der Waals surface area contributed by atoms with Crippen molar-refractivity contribution in [3.8, 4) is 28.7 Å². The Bertz CT molecular complexity index is 1050. The summed E-state index contributed by atoms with van der Waals surface area (Å²) < 4.78 is 11.6. The molecular formula is C31H39N3O2. The molecule has 0 aliphatic heterocycles. The zero-order valence-electron chi connectivity index (χ0n) is 21.3. The first-order valence-corrected chi connectivity index (χ1v) is 13.2. The zero-order chi connectivity index (χ0) is 25.4. The van der Waals surface area contributed by atoms with Crippen molar-refractivity contribution in [1.29, 1.82) is 5.26 Å². The Morgan fingerprint density at radius 1 is 0.528 bits per heavy atom. The third kappa shape index (κ3) is 9.92. The average Bonchev–Trinajstić information content (AvgIpc) is 2.89. The van der Waals surface area contributed by atoms with E-state index in [0.717, 1.165) is 42.1 Å². The molecule has 3 aromatic rings. The lowest BCUT2D eigenvalue weighted by atomic mass is 10.0. The minimum Gasteiger partial charge on any atom is -0.494 e. The van der Waals surface area contributed by atoms with Crippen LogP contribution in [-0.4, -0.2) is 13.2 Å². The molecule has 0 aliphatic carbocycles. The fourth-order valence-electron chi connectivity index (χ4n) is 4.21. The smallest absolute Gasteiger partial charge is 0.123 e. The standard InChI is InChI=1S/C31H39N3O2/c32-24-25-11-13-26(14-12-25)27-15-17-30(18-16-27)35-19-9-7-5-3-1-2-4-6-8-10-20-36-31-22-28(33)21-29(34)23-31/h11-18,21-23H,1-10,19-20,33-34H2. The molecule has 0 fully saturated rings. The third-order valence-corrected chi connectivity index (χ3v) is 6.23. The van der Waals surface area contributed by atoms with E-state index in [1.54, 1.807) is 6.07 Å². The summed E-state index contributed by atoms with van der Waals surface area (Å²) in [6, 6.07) is 23.4. The maximum atomic E-state index is 8.92. The van der Waals surface area contributed by atoms with Crippen LogP contribution in [-0.2, 0) is 0 Å². The molecule has 4 N–H and O–H groups in total. The number of rotatable bonds is 16. The number of nitriles is 1. The number of anilines is 2. The Morgan fingerprint density at radius 3 is 1.42 bits per heavy atom. The van der Waals surface area contributed by atoms with E-state index in [9.17, 15) is 0 Å². The van der Waals surface area contributed by atoms with Crippen LogP contribution >= 0.6 is 0 Å². The van der Waals surface area contributed by atoms with Gasteiger partial charge in [-0.1, -0.05) is 75.6 Å². The number of hydrogen-bond donors (Lipinski definition) is 2. The van der Waals surface area contributed by atoms with Crippen molar-refractivity contribution in [1.82, 2.24) is 0 Å². The monoisotopic (exact) mass is 485 g/mol. The van der Waals surface area contributed by atoms with Crippen molar-refractivity contribution in [2.24, 2.45) is 0 Å². The van der Waals surface area contributed by atoms with Crippen LogP contribution < -0.4 is 20.9 Å². The lowest BCUT2D eigenvalue weighted by Gasteiger charge is -2.08. The van der Waals surface area contributed by atoms with E-state index >= 15 is 0 Å². The van der Waals surface area contributed by atoms with Crippen molar-refractivity contribution in [2.75, 3.05) is 24.7 Å². The molecule has 0 aromatic heterocycles. The molecule has 0 heterocycles. The highest BCUT2D eigenvalue weighted by molar-refractivity contribution is 5.65. The van der Waals surface area contributed by atoms with Gasteiger partial charge in [0, 0.05) is 23.5 Å². The Labute approximate surface area is 216 Å². The molecule has 190 valence electrons. The maximum absolute atomic E-state index is 8.92. The molecule has 5 heteroatoms. The predicted octanol–water partition coefficient (Wildman–Crippen LogP) is 7.75. The quantitative estimate of drug-likeness (QED) is 0.160. The normalized spacial score (nSPS) is 10.6. The van der Waals surface area contributed by atoms with Crippen molar-refractivity contribution in [2.45, 2.75) is 64.2 Å². The van der Waals surface area contributed by atoms with E-state index in [2.05, 4.69) is 18.2 Å². The molecule has 0 saturated carbocycles. The summed E-state index contributed by atoms with van der Waals surface area (Å²) in [5.74, 6) is 1.67. The number of benzene rings is 3. The SMILES string of the molecule is N#Cc1ccc(-c2ccc(OCCCCCCCCCCCCOc3cc(N)cc(N)c3)cc2)cc1. The average molecular weight is 486 g/mol. The lowest BCUT2D eigenvalue weighted by molar-refractivity contribution is 0.303. The van der Waals surface area contributed by atoms with Gasteiger partial charge in [0.2, 0.25) is 0 Å². The summed E-state index contributed by atoms with van der Waals surface area (Å²) in [7, 11) is 0. The molecule has 0 saturated heterocycles. The second-order valence-corrected chi connectivity index (χ2v) is 9.28. The van der Waals surface area contributed by atoms with Gasteiger partial charge in [0.15, 0.2) is 0 Å². The van der Waals surface area contributed by atoms with Crippen LogP contribution in [0, 0.1) is 11.3 Å². The fourth-order valence-corrected chi connectivity index (χ4v) is 4.21. The molecule has 0 spiro atoms. The second-order valence-electron chi connectivity index (χ2n) is 9.28. The first-order chi connectivity index (χ1) is 17.6. The van der Waals surface area contributed by atoms with Gasteiger partial charge in [-0.25, -0.2) is 0 Å². The van der Waals surface area contributed by atoms with Gasteiger partial charge in [0.05, 0.1) is 24.8 Å². The summed E-state index contributed by atoms with van der Waals surface area (Å²) in [6.07, 6.45) is 12.3. The van der Waals surface area contributed by atoms with Crippen LogP contribution in [0.3, 0.4) is 0 Å². The molecule has 5 nitrogen and oxygen atoms in total. The number of hydrogen-bond acceptors (Lipinski definition) is 5. The van der Waals surface area contributed by atoms with Gasteiger partial charge in [0.1, 0.15) is 11.5 Å². The second kappa shape index (κ2) is 15.4. The molecule has 36 heavy (non-hydrogen) atoms. The van der Waals surface area contributed by atoms with Crippen LogP contribution in [0.25, 0.3) is 11.1 Å². The Balaban J connectivity index is 1.13. The van der Waals surface area contributed by atoms with Gasteiger partial charge in [0.25, 0.3) is 0 Å². The van der Waals surface area contributed by atoms with Crippen LogP contribution in [0.1, 0.15) is 69.8 Å². The van der Waals surface area contributed by atoms with E-state index in [1.807, 2.05) is 48.5 Å². The molecule has 0 atom stereocenters. The van der Waals surface area contributed by atoms with Crippen molar-refractivity contribution < 1.29 is 9.47 Å². The van der Waals surface area contributed by atoms with E-state index < -0.39 is 0 Å². The highest BCUT2D eigenvalue weighted by Gasteiger charge is 2.01. The van der Waals surface area contributed by atoms with Crippen molar-refractivity contribution >= 4 is 11.4 Å². The van der Waals surface area contributed by atoms with E-state index in [-0.39, 0.29) is 0 Å². The van der Waals surface area contributed by atoms with Gasteiger partial charge in [-0.05, 0) is 54.3 Å². The number of nitrogens with zero attached hydrogens (tertiary/aromatic N) is 1. The number of unbranched alkanes of at least 4 members (excludes halogenated alkanes) is 9. The van der Waals surface area contributed by atoms with E-state index in [0.29, 0.717) is 23.5 Å². The molecule has 0 bridgehead atoms. The Kier molecular flexibility index (Phi) is 11.5. The number of nitrogen functional groups attached to an aromatic ring is 2. The van der Waals surface area contributed by atoms with Gasteiger partial charge < -0.3 is 20.9 Å². The minimum absolute atomic E-state index is 0.643. The van der Waals surface area contributed by atoms with Crippen LogP contribution in [0.15, 0.2) is 66.7 Å². The predicted molar refractivity (Wildman–Crippen MR) is 149 cm³/mol. The van der Waals surface area contributed by atoms with Gasteiger partial charge in [-0.15, -0.1) is 0 Å². The molecule has 0 aliphatic rings. The maximum Gasteiger partial charge on any atom is 0.123 e. The van der Waals surface area contributed by atoms with E-state index in [1.165, 1.54) is 51.4 Å². The topological polar surface area (TPSA) is 94.3 Å². The first kappa shape index (κ1) is 26.9. The van der Waals surface area contributed by atoms with Gasteiger partial charge in [-0.3, -0.25) is 0 Å². The summed E-state index contributed by atoms with van der Waals surface area (Å²) in [4.78, 5) is 0. The summed E-state index contributed by atoms with van der Waals surface area (Å²) in [5.41, 5.74) is 15.8. The largest absolute Gasteiger partial charge is 0.494 e. The van der Waals surface area contributed by atoms with Crippen molar-refractivity contribution in [3.63, 3.8) is 0 Å². The molecular weight excluding hydrogens is 446 g/mol.